The Morgan fingerprint density at radius 1 is 1.00 bits per heavy atom. The van der Waals surface area contributed by atoms with E-state index in [9.17, 15) is 15.0 Å². The largest absolute Gasteiger partial charge is 0.393 e. The third-order valence-corrected chi connectivity index (χ3v) is 8.36. The van der Waals surface area contributed by atoms with Crippen LogP contribution in [0, 0.1) is 34.5 Å². The van der Waals surface area contributed by atoms with Crippen molar-refractivity contribution in [2.24, 2.45) is 34.5 Å². The van der Waals surface area contributed by atoms with Crippen molar-refractivity contribution in [3.05, 3.63) is 0 Å². The molecule has 0 radical (unpaired) electrons. The summed E-state index contributed by atoms with van der Waals surface area (Å²) in [5.41, 5.74) is 0.0929. The van der Waals surface area contributed by atoms with Gasteiger partial charge >= 0.3 is 0 Å². The van der Waals surface area contributed by atoms with Gasteiger partial charge in [-0.05, 0) is 74.0 Å². The molecular formula is C19H30O3. The van der Waals surface area contributed by atoms with Gasteiger partial charge in [-0.15, -0.1) is 0 Å². The lowest BCUT2D eigenvalue weighted by molar-refractivity contribution is -0.171. The van der Waals surface area contributed by atoms with E-state index in [1.165, 1.54) is 0 Å². The molecule has 0 aromatic carbocycles. The molecule has 4 saturated carbocycles. The van der Waals surface area contributed by atoms with Gasteiger partial charge in [0.15, 0.2) is 0 Å². The Kier molecular flexibility index (Phi) is 3.30. The summed E-state index contributed by atoms with van der Waals surface area (Å²) in [6.07, 6.45) is 7.03. The van der Waals surface area contributed by atoms with Gasteiger partial charge < -0.3 is 10.2 Å². The number of ketones is 1. The first-order chi connectivity index (χ1) is 10.4. The number of Topliss-reactive ketones (excluding diaryl/α,β-unsaturated/α-hetero) is 1. The summed E-state index contributed by atoms with van der Waals surface area (Å²) >= 11 is 0. The van der Waals surface area contributed by atoms with E-state index in [1.807, 2.05) is 0 Å². The lowest BCUT2D eigenvalue weighted by Crippen LogP contribution is -2.58. The standard InChI is InChI=1S/C19H30O3/c1-18-7-5-12(20)9-11(18)10-15(21)17-13-3-4-16(22)19(13,2)8-6-14(17)18/h11-15,17,20-21H,3-10H2,1-2H3/t11-,12-,13+,14+,15+,17+,18+,19+/m1/s1. The predicted octanol–water partition coefficient (Wildman–Crippen LogP) is 2.93. The van der Waals surface area contributed by atoms with Crippen molar-refractivity contribution in [3.8, 4) is 0 Å². The number of aliphatic hydroxyl groups excluding tert-OH is 2. The highest BCUT2D eigenvalue weighted by molar-refractivity contribution is 5.87. The molecule has 8 atom stereocenters. The fraction of sp³-hybridized carbons (Fsp3) is 0.947. The molecule has 4 rings (SSSR count). The van der Waals surface area contributed by atoms with Crippen LogP contribution in [-0.4, -0.2) is 28.2 Å². The molecule has 0 unspecified atom stereocenters. The molecule has 3 nitrogen and oxygen atoms in total. The monoisotopic (exact) mass is 306 g/mol. The molecule has 4 aliphatic rings. The van der Waals surface area contributed by atoms with Crippen LogP contribution in [0.4, 0.5) is 0 Å². The summed E-state index contributed by atoms with van der Waals surface area (Å²) in [6, 6.07) is 0. The van der Waals surface area contributed by atoms with Crippen LogP contribution in [0.3, 0.4) is 0 Å². The molecule has 4 aliphatic carbocycles. The number of hydrogen-bond acceptors (Lipinski definition) is 3. The molecule has 0 spiro atoms. The number of fused-ring (bicyclic) bond motifs is 5. The van der Waals surface area contributed by atoms with Crippen molar-refractivity contribution in [2.45, 2.75) is 77.4 Å². The topological polar surface area (TPSA) is 57.5 Å². The van der Waals surface area contributed by atoms with Crippen LogP contribution in [0.5, 0.6) is 0 Å². The molecule has 3 heteroatoms. The molecular weight excluding hydrogens is 276 g/mol. The maximum Gasteiger partial charge on any atom is 0.139 e. The Morgan fingerprint density at radius 3 is 2.55 bits per heavy atom. The third-order valence-electron chi connectivity index (χ3n) is 8.36. The van der Waals surface area contributed by atoms with Crippen LogP contribution < -0.4 is 0 Å². The van der Waals surface area contributed by atoms with Crippen LogP contribution >= 0.6 is 0 Å². The Bertz CT molecular complexity index is 489. The quantitative estimate of drug-likeness (QED) is 0.723. The highest BCUT2D eigenvalue weighted by Crippen LogP contribution is 2.65. The maximum atomic E-state index is 12.4. The van der Waals surface area contributed by atoms with Crippen molar-refractivity contribution in [3.63, 3.8) is 0 Å². The van der Waals surface area contributed by atoms with Crippen molar-refractivity contribution in [1.29, 1.82) is 0 Å². The number of hydrogen-bond donors (Lipinski definition) is 2. The molecule has 0 aromatic rings. The summed E-state index contributed by atoms with van der Waals surface area (Å²) in [4.78, 5) is 12.4. The average molecular weight is 306 g/mol. The molecule has 0 heterocycles. The van der Waals surface area contributed by atoms with Gasteiger partial charge in [-0.1, -0.05) is 13.8 Å². The summed E-state index contributed by atoms with van der Waals surface area (Å²) < 4.78 is 0. The molecule has 2 N–H and O–H groups in total. The molecule has 4 fully saturated rings. The fourth-order valence-corrected chi connectivity index (χ4v) is 6.97. The van der Waals surface area contributed by atoms with Gasteiger partial charge in [-0.2, -0.15) is 0 Å². The molecule has 0 saturated heterocycles. The van der Waals surface area contributed by atoms with Gasteiger partial charge in [0.05, 0.1) is 12.2 Å². The van der Waals surface area contributed by atoms with Crippen molar-refractivity contribution < 1.29 is 15.0 Å². The lowest BCUT2D eigenvalue weighted by atomic mass is 9.44. The molecule has 0 amide bonds. The first kappa shape index (κ1) is 15.1. The Morgan fingerprint density at radius 2 is 1.77 bits per heavy atom. The number of carbonyl (C=O) groups is 1. The first-order valence-corrected chi connectivity index (χ1v) is 9.25. The predicted molar refractivity (Wildman–Crippen MR) is 84.1 cm³/mol. The van der Waals surface area contributed by atoms with E-state index < -0.39 is 0 Å². The van der Waals surface area contributed by atoms with Crippen LogP contribution in [-0.2, 0) is 4.79 Å². The van der Waals surface area contributed by atoms with Gasteiger partial charge in [0, 0.05) is 11.8 Å². The zero-order valence-electron chi connectivity index (χ0n) is 13.9. The van der Waals surface area contributed by atoms with Gasteiger partial charge in [0.1, 0.15) is 5.78 Å². The van der Waals surface area contributed by atoms with E-state index in [1.54, 1.807) is 0 Å². The summed E-state index contributed by atoms with van der Waals surface area (Å²) in [5, 5.41) is 20.9. The summed E-state index contributed by atoms with van der Waals surface area (Å²) in [7, 11) is 0. The summed E-state index contributed by atoms with van der Waals surface area (Å²) in [6.45, 7) is 4.57. The second kappa shape index (κ2) is 4.80. The Balaban J connectivity index is 1.69. The van der Waals surface area contributed by atoms with Crippen LogP contribution in [0.25, 0.3) is 0 Å². The second-order valence-electron chi connectivity index (χ2n) is 9.14. The Hall–Kier alpha value is -0.410. The van der Waals surface area contributed by atoms with E-state index in [4.69, 9.17) is 0 Å². The van der Waals surface area contributed by atoms with E-state index in [-0.39, 0.29) is 23.0 Å². The minimum absolute atomic E-state index is 0.167. The smallest absolute Gasteiger partial charge is 0.139 e. The lowest BCUT2D eigenvalue weighted by Gasteiger charge is -2.61. The zero-order valence-corrected chi connectivity index (χ0v) is 13.9. The molecule has 0 aliphatic heterocycles. The van der Waals surface area contributed by atoms with Gasteiger partial charge in [-0.3, -0.25) is 4.79 Å². The van der Waals surface area contributed by atoms with Crippen LogP contribution in [0.15, 0.2) is 0 Å². The molecule has 0 aromatic heterocycles. The van der Waals surface area contributed by atoms with E-state index >= 15 is 0 Å². The van der Waals surface area contributed by atoms with Crippen molar-refractivity contribution in [1.82, 2.24) is 0 Å². The van der Waals surface area contributed by atoms with E-state index in [0.717, 1.165) is 51.4 Å². The number of carbonyl (C=O) groups excluding carboxylic acids is 1. The molecule has 0 bridgehead atoms. The Labute approximate surface area is 133 Å². The van der Waals surface area contributed by atoms with Crippen LogP contribution in [0.1, 0.15) is 65.2 Å². The van der Waals surface area contributed by atoms with Crippen LogP contribution in [0.2, 0.25) is 0 Å². The minimum atomic E-state index is -0.274. The maximum absolute atomic E-state index is 12.4. The number of aliphatic hydroxyl groups is 2. The van der Waals surface area contributed by atoms with Crippen molar-refractivity contribution >= 4 is 5.78 Å². The van der Waals surface area contributed by atoms with Gasteiger partial charge in [0.2, 0.25) is 0 Å². The van der Waals surface area contributed by atoms with E-state index in [0.29, 0.717) is 29.5 Å². The minimum Gasteiger partial charge on any atom is -0.393 e. The summed E-state index contributed by atoms with van der Waals surface area (Å²) in [5.74, 6) is 2.13. The van der Waals surface area contributed by atoms with E-state index in [2.05, 4.69) is 13.8 Å². The fourth-order valence-electron chi connectivity index (χ4n) is 6.97. The molecule has 22 heavy (non-hydrogen) atoms. The van der Waals surface area contributed by atoms with Gasteiger partial charge in [-0.25, -0.2) is 0 Å². The third kappa shape index (κ3) is 1.84. The highest BCUT2D eigenvalue weighted by atomic mass is 16.3. The zero-order chi connectivity index (χ0) is 15.7. The number of rotatable bonds is 0. The highest BCUT2D eigenvalue weighted by Gasteiger charge is 2.62. The second-order valence-corrected chi connectivity index (χ2v) is 9.14. The first-order valence-electron chi connectivity index (χ1n) is 9.25. The van der Waals surface area contributed by atoms with Gasteiger partial charge in [0.25, 0.3) is 0 Å². The SMILES string of the molecule is C[C@]12CC[C@@H](O)C[C@@H]1C[C@H](O)[C@@H]1[C@@H]2CC[C@]2(C)C(=O)CC[C@@H]12. The average Bonchev–Trinajstić information content (AvgIpc) is 2.77. The van der Waals surface area contributed by atoms with Crippen molar-refractivity contribution in [2.75, 3.05) is 0 Å². The normalized spacial score (nSPS) is 57.9. The molecule has 124 valence electrons.